The molecular formula is C13H14N2O2S3. The number of aryl methyl sites for hydroxylation is 1. The monoisotopic (exact) mass is 326 g/mol. The normalized spacial score (nSPS) is 19.4. The van der Waals surface area contributed by atoms with Crippen molar-refractivity contribution in [3.05, 3.63) is 44.3 Å². The van der Waals surface area contributed by atoms with E-state index in [0.29, 0.717) is 6.42 Å². The van der Waals surface area contributed by atoms with Gasteiger partial charge in [0.25, 0.3) is 0 Å². The summed E-state index contributed by atoms with van der Waals surface area (Å²) in [6.45, 7) is 2.04. The first-order valence-corrected chi connectivity index (χ1v) is 9.66. The van der Waals surface area contributed by atoms with E-state index >= 15 is 0 Å². The van der Waals surface area contributed by atoms with Gasteiger partial charge in [-0.25, -0.2) is 8.42 Å². The first kappa shape index (κ1) is 13.8. The second kappa shape index (κ2) is 4.98. The fourth-order valence-corrected chi connectivity index (χ4v) is 4.86. The van der Waals surface area contributed by atoms with Crippen molar-refractivity contribution in [2.75, 3.05) is 6.26 Å². The molecule has 2 aromatic heterocycles. The lowest BCUT2D eigenvalue weighted by molar-refractivity contribution is 0.379. The van der Waals surface area contributed by atoms with Gasteiger partial charge in [-0.15, -0.1) is 22.7 Å². The van der Waals surface area contributed by atoms with Crippen LogP contribution in [0, 0.1) is 6.92 Å². The summed E-state index contributed by atoms with van der Waals surface area (Å²) in [7, 11) is -3.35. The van der Waals surface area contributed by atoms with Crippen LogP contribution in [-0.2, 0) is 10.0 Å². The van der Waals surface area contributed by atoms with E-state index in [4.69, 9.17) is 0 Å². The van der Waals surface area contributed by atoms with Gasteiger partial charge in [0.2, 0.25) is 10.0 Å². The van der Waals surface area contributed by atoms with E-state index < -0.39 is 10.0 Å². The minimum Gasteiger partial charge on any atom is -0.205 e. The Bertz CT molecular complexity index is 744. The molecule has 1 aliphatic rings. The minimum absolute atomic E-state index is 0.206. The molecule has 7 heteroatoms. The number of nitrogens with zero attached hydrogens (tertiary/aromatic N) is 2. The lowest BCUT2D eigenvalue weighted by Crippen LogP contribution is -2.25. The van der Waals surface area contributed by atoms with E-state index in [1.807, 2.05) is 36.6 Å². The molecule has 1 aliphatic heterocycles. The lowest BCUT2D eigenvalue weighted by atomic mass is 10.1. The van der Waals surface area contributed by atoms with E-state index in [2.05, 4.69) is 5.10 Å². The standard InChI is InChI=1S/C13H14N2O2S3/c1-9-5-6-12(19-9)10-8-11(13-4-3-7-18-13)15(14-10)20(2,16)17/h3-7,11H,8H2,1-2H3. The van der Waals surface area contributed by atoms with Gasteiger partial charge in [-0.3, -0.25) is 0 Å². The van der Waals surface area contributed by atoms with Gasteiger partial charge in [0.05, 0.1) is 16.8 Å². The SMILES string of the molecule is Cc1ccc(C2=NN(S(C)(=O)=O)C(c3cccs3)C2)s1. The lowest BCUT2D eigenvalue weighted by Gasteiger charge is -2.19. The molecule has 0 saturated heterocycles. The molecule has 0 aromatic carbocycles. The molecule has 4 nitrogen and oxygen atoms in total. The Morgan fingerprint density at radius 2 is 2.15 bits per heavy atom. The molecule has 0 fully saturated rings. The molecular weight excluding hydrogens is 312 g/mol. The van der Waals surface area contributed by atoms with E-state index in [1.54, 1.807) is 22.7 Å². The van der Waals surface area contributed by atoms with Gasteiger partial charge in [0, 0.05) is 16.2 Å². The molecule has 3 heterocycles. The quantitative estimate of drug-likeness (QED) is 0.869. The van der Waals surface area contributed by atoms with Crippen LogP contribution in [0.5, 0.6) is 0 Å². The van der Waals surface area contributed by atoms with Crippen molar-refractivity contribution in [3.63, 3.8) is 0 Å². The highest BCUT2D eigenvalue weighted by Crippen LogP contribution is 2.37. The van der Waals surface area contributed by atoms with Crippen molar-refractivity contribution >= 4 is 38.4 Å². The van der Waals surface area contributed by atoms with E-state index in [9.17, 15) is 8.42 Å². The first-order valence-electron chi connectivity index (χ1n) is 6.12. The summed E-state index contributed by atoms with van der Waals surface area (Å²) >= 11 is 3.21. The molecule has 0 aliphatic carbocycles. The summed E-state index contributed by atoms with van der Waals surface area (Å²) in [5.74, 6) is 0. The zero-order valence-corrected chi connectivity index (χ0v) is 13.6. The third-order valence-electron chi connectivity index (χ3n) is 3.11. The highest BCUT2D eigenvalue weighted by molar-refractivity contribution is 7.88. The summed E-state index contributed by atoms with van der Waals surface area (Å²) < 4.78 is 25.1. The maximum absolute atomic E-state index is 11.9. The van der Waals surface area contributed by atoms with E-state index in [-0.39, 0.29) is 6.04 Å². The summed E-state index contributed by atoms with van der Waals surface area (Å²) in [4.78, 5) is 3.28. The maximum atomic E-state index is 11.9. The Kier molecular flexibility index (Phi) is 3.43. The smallest absolute Gasteiger partial charge is 0.205 e. The predicted molar refractivity (Wildman–Crippen MR) is 84.0 cm³/mol. The summed E-state index contributed by atoms with van der Waals surface area (Å²) in [5, 5.41) is 6.32. The average Bonchev–Trinajstić information content (AvgIpc) is 3.06. The van der Waals surface area contributed by atoms with Crippen LogP contribution in [0.15, 0.2) is 34.7 Å². The van der Waals surface area contributed by atoms with Crippen LogP contribution in [0.2, 0.25) is 0 Å². The van der Waals surface area contributed by atoms with Gasteiger partial charge in [-0.1, -0.05) is 6.07 Å². The number of hydrogen-bond acceptors (Lipinski definition) is 5. The summed E-state index contributed by atoms with van der Waals surface area (Å²) in [6.07, 6.45) is 1.84. The van der Waals surface area contributed by atoms with Gasteiger partial charge >= 0.3 is 0 Å². The molecule has 20 heavy (non-hydrogen) atoms. The molecule has 0 saturated carbocycles. The van der Waals surface area contributed by atoms with Crippen LogP contribution >= 0.6 is 22.7 Å². The van der Waals surface area contributed by atoms with Gasteiger partial charge in [-0.2, -0.15) is 9.52 Å². The van der Waals surface area contributed by atoms with Gasteiger partial charge < -0.3 is 0 Å². The topological polar surface area (TPSA) is 49.7 Å². The van der Waals surface area contributed by atoms with Crippen molar-refractivity contribution < 1.29 is 8.42 Å². The van der Waals surface area contributed by atoms with E-state index in [1.165, 1.54) is 15.5 Å². The Morgan fingerprint density at radius 3 is 2.70 bits per heavy atom. The van der Waals surface area contributed by atoms with Crippen molar-refractivity contribution in [3.8, 4) is 0 Å². The third-order valence-corrected chi connectivity index (χ3v) is 6.15. The zero-order chi connectivity index (χ0) is 14.3. The first-order chi connectivity index (χ1) is 9.45. The Morgan fingerprint density at radius 1 is 1.35 bits per heavy atom. The van der Waals surface area contributed by atoms with Crippen LogP contribution in [0.3, 0.4) is 0 Å². The number of thiophene rings is 2. The fraction of sp³-hybridized carbons (Fsp3) is 0.308. The van der Waals surface area contributed by atoms with Crippen molar-refractivity contribution in [2.24, 2.45) is 5.10 Å². The third kappa shape index (κ3) is 2.53. The van der Waals surface area contributed by atoms with Crippen LogP contribution in [0.25, 0.3) is 0 Å². The molecule has 0 spiro atoms. The Hall–Kier alpha value is -1.18. The van der Waals surface area contributed by atoms with E-state index in [0.717, 1.165) is 15.5 Å². The largest absolute Gasteiger partial charge is 0.247 e. The molecule has 0 radical (unpaired) electrons. The predicted octanol–water partition coefficient (Wildman–Crippen LogP) is 3.23. The molecule has 0 amide bonds. The Balaban J connectivity index is 2.00. The molecule has 1 unspecified atom stereocenters. The number of hydrazone groups is 1. The molecule has 0 bridgehead atoms. The van der Waals surface area contributed by atoms with Gasteiger partial charge in [0.1, 0.15) is 6.04 Å². The number of sulfonamides is 1. The van der Waals surface area contributed by atoms with Crippen LogP contribution in [-0.4, -0.2) is 24.8 Å². The van der Waals surface area contributed by atoms with Crippen molar-refractivity contribution in [2.45, 2.75) is 19.4 Å². The average molecular weight is 326 g/mol. The maximum Gasteiger partial charge on any atom is 0.247 e. The summed E-state index contributed by atoms with van der Waals surface area (Å²) in [6, 6.07) is 7.74. The summed E-state index contributed by atoms with van der Waals surface area (Å²) in [5.41, 5.74) is 0.854. The molecule has 3 rings (SSSR count). The fourth-order valence-electron chi connectivity index (χ4n) is 2.23. The number of hydrogen-bond donors (Lipinski definition) is 0. The second-order valence-corrected chi connectivity index (χ2v) is 8.84. The molecule has 1 atom stereocenters. The minimum atomic E-state index is -3.35. The highest BCUT2D eigenvalue weighted by atomic mass is 32.2. The second-order valence-electron chi connectivity index (χ2n) is 4.73. The molecule has 0 N–H and O–H groups in total. The Labute approximate surface area is 126 Å². The van der Waals surface area contributed by atoms with Crippen LogP contribution in [0.4, 0.5) is 0 Å². The van der Waals surface area contributed by atoms with Crippen LogP contribution in [0.1, 0.15) is 27.1 Å². The van der Waals surface area contributed by atoms with Gasteiger partial charge in [0.15, 0.2) is 0 Å². The van der Waals surface area contributed by atoms with Crippen LogP contribution < -0.4 is 0 Å². The number of rotatable bonds is 3. The van der Waals surface area contributed by atoms with Crippen molar-refractivity contribution in [1.29, 1.82) is 0 Å². The van der Waals surface area contributed by atoms with Gasteiger partial charge in [-0.05, 0) is 30.5 Å². The van der Waals surface area contributed by atoms with Crippen molar-refractivity contribution in [1.82, 2.24) is 4.41 Å². The highest BCUT2D eigenvalue weighted by Gasteiger charge is 2.35. The zero-order valence-electron chi connectivity index (χ0n) is 11.1. The molecule has 106 valence electrons. The molecule has 2 aromatic rings.